The highest BCUT2D eigenvalue weighted by Crippen LogP contribution is 2.25. The second-order valence-electron chi connectivity index (χ2n) is 4.41. The summed E-state index contributed by atoms with van der Waals surface area (Å²) in [4.78, 5) is 13.9. The molecular formula is C13H17ClN2O. The van der Waals surface area contributed by atoms with E-state index in [0.29, 0.717) is 5.02 Å². The summed E-state index contributed by atoms with van der Waals surface area (Å²) in [5, 5.41) is 3.50. The van der Waals surface area contributed by atoms with Crippen molar-refractivity contribution >= 4 is 23.3 Å². The van der Waals surface area contributed by atoms with Gasteiger partial charge in [0.25, 0.3) is 0 Å². The molecule has 3 nitrogen and oxygen atoms in total. The van der Waals surface area contributed by atoms with Gasteiger partial charge in [-0.15, -0.1) is 0 Å². The number of aryl methyl sites for hydroxylation is 1. The van der Waals surface area contributed by atoms with E-state index < -0.39 is 0 Å². The smallest absolute Gasteiger partial charge is 0.321 e. The average Bonchev–Trinajstić information content (AvgIpc) is 2.35. The molecule has 1 fully saturated rings. The van der Waals surface area contributed by atoms with Gasteiger partial charge in [-0.05, 0) is 37.8 Å². The van der Waals surface area contributed by atoms with E-state index in [1.54, 1.807) is 6.07 Å². The summed E-state index contributed by atoms with van der Waals surface area (Å²) >= 11 is 6.08. The summed E-state index contributed by atoms with van der Waals surface area (Å²) in [6.07, 6.45) is 3.40. The number of rotatable bonds is 1. The molecule has 1 aliphatic rings. The quantitative estimate of drug-likeness (QED) is 0.813. The minimum atomic E-state index is -0.0408. The first-order chi connectivity index (χ1) is 8.18. The molecule has 2 amide bonds. The van der Waals surface area contributed by atoms with Crippen LogP contribution in [0.3, 0.4) is 0 Å². The van der Waals surface area contributed by atoms with Crippen molar-refractivity contribution in [3.8, 4) is 0 Å². The van der Waals surface area contributed by atoms with Gasteiger partial charge >= 0.3 is 6.03 Å². The van der Waals surface area contributed by atoms with Gasteiger partial charge in [-0.2, -0.15) is 0 Å². The van der Waals surface area contributed by atoms with Gasteiger partial charge in [-0.3, -0.25) is 0 Å². The van der Waals surface area contributed by atoms with Crippen molar-refractivity contribution in [2.45, 2.75) is 26.2 Å². The lowest BCUT2D eigenvalue weighted by Crippen LogP contribution is -2.38. The van der Waals surface area contributed by atoms with Crippen LogP contribution in [0.15, 0.2) is 18.2 Å². The molecule has 1 aliphatic heterocycles. The van der Waals surface area contributed by atoms with Gasteiger partial charge < -0.3 is 10.2 Å². The minimum Gasteiger partial charge on any atom is -0.325 e. The zero-order chi connectivity index (χ0) is 12.3. The molecule has 0 bridgehead atoms. The zero-order valence-electron chi connectivity index (χ0n) is 10.0. The lowest BCUT2D eigenvalue weighted by molar-refractivity contribution is 0.200. The molecule has 1 aromatic rings. The van der Waals surface area contributed by atoms with Crippen LogP contribution in [0.4, 0.5) is 10.5 Å². The fourth-order valence-corrected chi connectivity index (χ4v) is 2.34. The molecule has 0 radical (unpaired) electrons. The van der Waals surface area contributed by atoms with Crippen LogP contribution in [0.1, 0.15) is 24.8 Å². The highest BCUT2D eigenvalue weighted by Gasteiger charge is 2.17. The maximum absolute atomic E-state index is 12.0. The fourth-order valence-electron chi connectivity index (χ4n) is 2.07. The number of benzene rings is 1. The van der Waals surface area contributed by atoms with E-state index in [1.807, 2.05) is 24.0 Å². The van der Waals surface area contributed by atoms with Crippen molar-refractivity contribution in [2.75, 3.05) is 18.4 Å². The number of carbonyl (C=O) groups is 1. The molecule has 4 heteroatoms. The lowest BCUT2D eigenvalue weighted by Gasteiger charge is -2.27. The molecule has 0 unspecified atom stereocenters. The van der Waals surface area contributed by atoms with Crippen LogP contribution in [0.25, 0.3) is 0 Å². The third-order valence-corrected chi connectivity index (χ3v) is 3.41. The van der Waals surface area contributed by atoms with Crippen LogP contribution in [0, 0.1) is 6.92 Å². The Hall–Kier alpha value is -1.22. The first-order valence-corrected chi connectivity index (χ1v) is 6.37. The number of amides is 2. The Morgan fingerprint density at radius 2 is 2.00 bits per heavy atom. The van der Waals surface area contributed by atoms with E-state index in [9.17, 15) is 4.79 Å². The number of likely N-dealkylation sites (tertiary alicyclic amines) is 1. The third-order valence-electron chi connectivity index (χ3n) is 3.10. The molecule has 1 saturated heterocycles. The maximum atomic E-state index is 12.0. The Bertz CT molecular complexity index is 394. The van der Waals surface area contributed by atoms with E-state index in [2.05, 4.69) is 5.32 Å². The summed E-state index contributed by atoms with van der Waals surface area (Å²) in [5.41, 5.74) is 1.72. The molecule has 0 spiro atoms. The van der Waals surface area contributed by atoms with Gasteiger partial charge in [0.15, 0.2) is 0 Å². The van der Waals surface area contributed by atoms with Crippen LogP contribution in [0.2, 0.25) is 5.02 Å². The monoisotopic (exact) mass is 252 g/mol. The summed E-state index contributed by atoms with van der Waals surface area (Å²) in [6.45, 7) is 3.63. The van der Waals surface area contributed by atoms with Gasteiger partial charge in [0, 0.05) is 13.1 Å². The van der Waals surface area contributed by atoms with Gasteiger partial charge in [0.1, 0.15) is 0 Å². The number of hydrogen-bond donors (Lipinski definition) is 1. The van der Waals surface area contributed by atoms with Crippen molar-refractivity contribution in [1.82, 2.24) is 4.90 Å². The lowest BCUT2D eigenvalue weighted by atomic mass is 10.1. The van der Waals surface area contributed by atoms with Crippen molar-refractivity contribution in [3.63, 3.8) is 0 Å². The average molecular weight is 253 g/mol. The second-order valence-corrected chi connectivity index (χ2v) is 4.82. The Balaban J connectivity index is 2.07. The first kappa shape index (κ1) is 12.2. The molecule has 2 rings (SSSR count). The topological polar surface area (TPSA) is 32.3 Å². The number of halogens is 1. The molecule has 92 valence electrons. The van der Waals surface area contributed by atoms with Crippen LogP contribution in [-0.2, 0) is 0 Å². The van der Waals surface area contributed by atoms with Crippen LogP contribution in [0.5, 0.6) is 0 Å². The van der Waals surface area contributed by atoms with Crippen LogP contribution >= 0.6 is 11.6 Å². The molecule has 1 aromatic carbocycles. The highest BCUT2D eigenvalue weighted by molar-refractivity contribution is 6.33. The Morgan fingerprint density at radius 1 is 1.29 bits per heavy atom. The van der Waals surface area contributed by atoms with Crippen molar-refractivity contribution < 1.29 is 4.79 Å². The predicted octanol–water partition coefficient (Wildman–Crippen LogP) is 3.67. The Kier molecular flexibility index (Phi) is 3.89. The molecular weight excluding hydrogens is 236 g/mol. The normalized spacial score (nSPS) is 15.8. The standard InChI is InChI=1S/C13H17ClN2O/c1-10-6-5-7-11(14)12(10)15-13(17)16-8-3-2-4-9-16/h5-7H,2-4,8-9H2,1H3,(H,15,17). The molecule has 0 saturated carbocycles. The second kappa shape index (κ2) is 5.41. The first-order valence-electron chi connectivity index (χ1n) is 5.99. The predicted molar refractivity (Wildman–Crippen MR) is 70.6 cm³/mol. The number of para-hydroxylation sites is 1. The number of carbonyl (C=O) groups excluding carboxylic acids is 1. The molecule has 1 N–H and O–H groups in total. The number of urea groups is 1. The number of nitrogens with zero attached hydrogens (tertiary/aromatic N) is 1. The SMILES string of the molecule is Cc1cccc(Cl)c1NC(=O)N1CCCCC1. The van der Waals surface area contributed by atoms with E-state index in [0.717, 1.165) is 37.2 Å². The third kappa shape index (κ3) is 2.91. The summed E-state index contributed by atoms with van der Waals surface area (Å²) in [6, 6.07) is 5.58. The van der Waals surface area contributed by atoms with E-state index in [1.165, 1.54) is 6.42 Å². The largest absolute Gasteiger partial charge is 0.325 e. The molecule has 1 heterocycles. The zero-order valence-corrected chi connectivity index (χ0v) is 10.8. The Morgan fingerprint density at radius 3 is 2.65 bits per heavy atom. The van der Waals surface area contributed by atoms with Gasteiger partial charge in [-0.25, -0.2) is 4.79 Å². The van der Waals surface area contributed by atoms with Crippen molar-refractivity contribution in [1.29, 1.82) is 0 Å². The van der Waals surface area contributed by atoms with E-state index in [4.69, 9.17) is 11.6 Å². The highest BCUT2D eigenvalue weighted by atomic mass is 35.5. The van der Waals surface area contributed by atoms with Crippen LogP contribution in [-0.4, -0.2) is 24.0 Å². The minimum absolute atomic E-state index is 0.0408. The summed E-state index contributed by atoms with van der Waals surface area (Å²) in [5.74, 6) is 0. The van der Waals surface area contributed by atoms with E-state index >= 15 is 0 Å². The molecule has 0 atom stereocenters. The Labute approximate surface area is 107 Å². The van der Waals surface area contributed by atoms with E-state index in [-0.39, 0.29) is 6.03 Å². The fraction of sp³-hybridized carbons (Fsp3) is 0.462. The summed E-state index contributed by atoms with van der Waals surface area (Å²) < 4.78 is 0. The van der Waals surface area contributed by atoms with Gasteiger partial charge in [0.2, 0.25) is 0 Å². The number of nitrogens with one attached hydrogen (secondary N) is 1. The maximum Gasteiger partial charge on any atom is 0.321 e. The molecule has 0 aliphatic carbocycles. The molecule has 0 aromatic heterocycles. The number of hydrogen-bond acceptors (Lipinski definition) is 1. The van der Waals surface area contributed by atoms with Gasteiger partial charge in [0.05, 0.1) is 10.7 Å². The van der Waals surface area contributed by atoms with Crippen molar-refractivity contribution in [2.24, 2.45) is 0 Å². The number of piperidine rings is 1. The van der Waals surface area contributed by atoms with Crippen LogP contribution < -0.4 is 5.32 Å². The summed E-state index contributed by atoms with van der Waals surface area (Å²) in [7, 11) is 0. The molecule has 17 heavy (non-hydrogen) atoms. The number of anilines is 1. The van der Waals surface area contributed by atoms with Crippen molar-refractivity contribution in [3.05, 3.63) is 28.8 Å². The van der Waals surface area contributed by atoms with Gasteiger partial charge in [-0.1, -0.05) is 23.7 Å².